The molecule has 21 heteroatoms. The van der Waals surface area contributed by atoms with E-state index >= 15 is 0 Å². The summed E-state index contributed by atoms with van der Waals surface area (Å²) in [6.07, 6.45) is 1.70. The van der Waals surface area contributed by atoms with Crippen LogP contribution < -0.4 is 0 Å². The van der Waals surface area contributed by atoms with Crippen molar-refractivity contribution < 1.29 is 75.6 Å². The summed E-state index contributed by atoms with van der Waals surface area (Å²) >= 11 is 15.9. The van der Waals surface area contributed by atoms with Crippen LogP contribution in [0.3, 0.4) is 0 Å². The third kappa shape index (κ3) is 22.7. The van der Waals surface area contributed by atoms with Crippen molar-refractivity contribution >= 4 is 104 Å². The zero-order valence-corrected chi connectivity index (χ0v) is 50.0. The van der Waals surface area contributed by atoms with E-state index in [2.05, 4.69) is 151 Å². The molecule has 0 spiro atoms. The number of hydrogen-bond donors (Lipinski definition) is 4. The fourth-order valence-electron chi connectivity index (χ4n) is 5.09. The summed E-state index contributed by atoms with van der Waals surface area (Å²) in [7, 11) is 0. The highest BCUT2D eigenvalue weighted by molar-refractivity contribution is 9.11. The van der Waals surface area contributed by atoms with Gasteiger partial charge in [-0.25, -0.2) is 19.2 Å². The van der Waals surface area contributed by atoms with Crippen LogP contribution in [0, 0.1) is 0 Å². The highest BCUT2D eigenvalue weighted by Gasteiger charge is 2.26. The number of carboxylic acids is 2. The quantitative estimate of drug-likeness (QED) is 0.103. The summed E-state index contributed by atoms with van der Waals surface area (Å²) in [6, 6.07) is 13.2. The summed E-state index contributed by atoms with van der Waals surface area (Å²) in [5.74, 6) is -1.34. The number of hydrogen-bond acceptors (Lipinski definition) is 14. The Morgan fingerprint density at radius 1 is 0.479 bits per heavy atom. The van der Waals surface area contributed by atoms with Crippen molar-refractivity contribution in [1.82, 2.24) is 0 Å². The molecular formula is C50H63Br5O16. The molecule has 0 bridgehead atoms. The third-order valence-electron chi connectivity index (χ3n) is 8.89. The Hall–Kier alpha value is -4.12. The van der Waals surface area contributed by atoms with Crippen LogP contribution in [0.25, 0.3) is 0 Å². The van der Waals surface area contributed by atoms with Gasteiger partial charge in [0.1, 0.15) is 24.7 Å². The van der Waals surface area contributed by atoms with Gasteiger partial charge in [0.2, 0.25) is 23.0 Å². The van der Waals surface area contributed by atoms with E-state index in [1.54, 1.807) is 44.4 Å². The van der Waals surface area contributed by atoms with Crippen molar-refractivity contribution in [2.45, 2.75) is 132 Å². The molecule has 0 unspecified atom stereocenters. The minimum Gasteiger partial charge on any atom is -0.475 e. The number of halogens is 5. The number of carboxylic acid groups (broad SMARTS) is 2. The average molecular weight is 1320 g/mol. The second-order valence-electron chi connectivity index (χ2n) is 18.9. The van der Waals surface area contributed by atoms with Gasteiger partial charge in [0.15, 0.2) is 23.3 Å². The summed E-state index contributed by atoms with van der Waals surface area (Å²) in [4.78, 5) is 43.0. The number of aromatic carboxylic acids is 2. The Kier molecular flexibility index (Phi) is 26.5. The Labute approximate surface area is 455 Å². The summed E-state index contributed by atoms with van der Waals surface area (Å²) < 4.78 is 42.6. The lowest BCUT2D eigenvalue weighted by atomic mass is 9.89. The Morgan fingerprint density at radius 3 is 1.13 bits per heavy atom. The van der Waals surface area contributed by atoms with E-state index in [1.165, 1.54) is 12.1 Å². The predicted octanol–water partition coefficient (Wildman–Crippen LogP) is 15.4. The molecule has 0 aliphatic rings. The standard InChI is InChI=1S/C11H15BrO3.C9H11BrO3.C9H13BrO2.C9H14O2.C7H7BrO3.C5H3BrO3/c1-5-14-10(13)8-6-7(9(12)15-8)11(2,3)4;1-9(2,3)5-4-6(8(11)12)13-7(5)10;1-9(2,3)7-4-6(5-11)12-8(7)10;1-9(2,3)7-4-8(5-10)11-6-7;1-2-10-7(9)5-3-4-6(8)11-5;6-4-2-1-3(9-4)5(7)8/h6H,5H2,1-4H3;4H,1-3H3,(H,11,12);4,11H,5H2,1-3H3;4,6,10H,5H2,1-3H3;3-4H,2H2,1H3;1-2H,(H,7,8). The maximum absolute atomic E-state index is 11.4. The first-order valence-corrected chi connectivity index (χ1v) is 25.6. The topological polar surface area (TPSA) is 246 Å². The van der Waals surface area contributed by atoms with Crippen LogP contribution in [-0.4, -0.2) is 57.5 Å². The molecule has 6 aromatic rings. The molecule has 0 aromatic carbocycles. The molecule has 0 atom stereocenters. The number of furan rings is 6. The number of esters is 2. The van der Waals surface area contributed by atoms with Gasteiger partial charge < -0.3 is 56.4 Å². The molecule has 71 heavy (non-hydrogen) atoms. The molecule has 0 fully saturated rings. The highest BCUT2D eigenvalue weighted by atomic mass is 79.9. The van der Waals surface area contributed by atoms with E-state index in [0.29, 0.717) is 43.4 Å². The zero-order chi connectivity index (χ0) is 54.8. The van der Waals surface area contributed by atoms with Gasteiger partial charge in [-0.3, -0.25) is 0 Å². The first-order valence-electron chi connectivity index (χ1n) is 21.6. The first-order chi connectivity index (χ1) is 32.6. The van der Waals surface area contributed by atoms with Crippen molar-refractivity contribution in [3.05, 3.63) is 135 Å². The molecule has 394 valence electrons. The van der Waals surface area contributed by atoms with Gasteiger partial charge in [0.05, 0.1) is 19.5 Å². The maximum Gasteiger partial charge on any atom is 0.374 e. The van der Waals surface area contributed by atoms with Gasteiger partial charge in [-0.15, -0.1) is 0 Å². The van der Waals surface area contributed by atoms with Crippen LogP contribution in [-0.2, 0) is 44.3 Å². The highest BCUT2D eigenvalue weighted by Crippen LogP contribution is 2.35. The minimum atomic E-state index is -1.05. The van der Waals surface area contributed by atoms with Gasteiger partial charge in [-0.2, -0.15) is 0 Å². The van der Waals surface area contributed by atoms with Crippen molar-refractivity contribution in [1.29, 1.82) is 0 Å². The normalized spacial score (nSPS) is 11.2. The number of carbonyl (C=O) groups is 4. The fourth-order valence-corrected chi connectivity index (χ4v) is 8.38. The SMILES string of the molecule is CC(C)(C)c1cc(C(=O)O)oc1Br.CC(C)(C)c1cc(CO)oc1Br.CC(C)(C)c1coc(CO)c1.CCOC(=O)c1cc(C(C)(C)C)c(Br)o1.CCOC(=O)c1ccc(Br)o1.O=C(O)c1ccc(Br)o1. The molecule has 0 saturated heterocycles. The van der Waals surface area contributed by atoms with Crippen LogP contribution >= 0.6 is 79.6 Å². The van der Waals surface area contributed by atoms with E-state index in [1.807, 2.05) is 32.9 Å². The number of ether oxygens (including phenoxy) is 2. The lowest BCUT2D eigenvalue weighted by Crippen LogP contribution is -2.10. The zero-order valence-electron chi connectivity index (χ0n) is 42.1. The molecule has 0 radical (unpaired) electrons. The van der Waals surface area contributed by atoms with E-state index in [9.17, 15) is 19.2 Å². The lowest BCUT2D eigenvalue weighted by Gasteiger charge is -2.15. The maximum atomic E-state index is 11.4. The molecule has 0 amide bonds. The second-order valence-corrected chi connectivity index (χ2v) is 22.6. The summed E-state index contributed by atoms with van der Waals surface area (Å²) in [5, 5.41) is 34.5. The van der Waals surface area contributed by atoms with Crippen molar-refractivity contribution in [2.24, 2.45) is 0 Å². The first kappa shape index (κ1) is 64.9. The van der Waals surface area contributed by atoms with E-state index < -0.39 is 23.9 Å². The molecule has 0 saturated carbocycles. The molecule has 0 aliphatic carbocycles. The van der Waals surface area contributed by atoms with E-state index in [-0.39, 0.29) is 57.9 Å². The van der Waals surface area contributed by atoms with Gasteiger partial charge in [0, 0.05) is 16.7 Å². The molecular weight excluding hydrogens is 1260 g/mol. The molecule has 6 rings (SSSR count). The van der Waals surface area contributed by atoms with Crippen molar-refractivity contribution in [3.63, 3.8) is 0 Å². The summed E-state index contributed by atoms with van der Waals surface area (Å²) in [5.41, 5.74) is 4.03. The van der Waals surface area contributed by atoms with Gasteiger partial charge in [-0.1, -0.05) is 83.1 Å². The van der Waals surface area contributed by atoms with E-state index in [0.717, 1.165) is 26.9 Å². The monoisotopic (exact) mass is 1310 g/mol. The Morgan fingerprint density at radius 2 is 0.859 bits per heavy atom. The van der Waals surface area contributed by atoms with Gasteiger partial charge in [0.25, 0.3) is 0 Å². The average Bonchev–Trinajstić information content (AvgIpc) is 4.11. The van der Waals surface area contributed by atoms with Crippen LogP contribution in [0.1, 0.15) is 173 Å². The molecule has 0 aliphatic heterocycles. The molecule has 4 N–H and O–H groups in total. The van der Waals surface area contributed by atoms with Crippen molar-refractivity contribution in [2.75, 3.05) is 13.2 Å². The number of carbonyl (C=O) groups excluding carboxylic acids is 2. The predicted molar refractivity (Wildman–Crippen MR) is 283 cm³/mol. The smallest absolute Gasteiger partial charge is 0.374 e. The largest absolute Gasteiger partial charge is 0.475 e. The third-order valence-corrected chi connectivity index (χ3v) is 11.5. The molecule has 6 heterocycles. The van der Waals surface area contributed by atoms with Crippen LogP contribution in [0.15, 0.2) is 105 Å². The second kappa shape index (κ2) is 28.9. The van der Waals surface area contributed by atoms with Gasteiger partial charge in [-0.05, 0) is 169 Å². The van der Waals surface area contributed by atoms with Crippen LogP contribution in [0.5, 0.6) is 0 Å². The minimum absolute atomic E-state index is 0.0178. The summed E-state index contributed by atoms with van der Waals surface area (Å²) in [6.45, 7) is 28.9. The van der Waals surface area contributed by atoms with Crippen LogP contribution in [0.4, 0.5) is 0 Å². The Balaban J connectivity index is 0.000000429. The van der Waals surface area contributed by atoms with Crippen molar-refractivity contribution in [3.8, 4) is 0 Å². The van der Waals surface area contributed by atoms with Gasteiger partial charge >= 0.3 is 23.9 Å². The van der Waals surface area contributed by atoms with E-state index in [4.69, 9.17) is 47.2 Å². The van der Waals surface area contributed by atoms with Crippen LogP contribution in [0.2, 0.25) is 0 Å². The Bertz CT molecular complexity index is 2590. The molecule has 6 aromatic heterocycles. The number of aliphatic hydroxyl groups is 2. The fraction of sp³-hybridized carbons (Fsp3) is 0.440. The number of rotatable bonds is 8. The lowest BCUT2D eigenvalue weighted by molar-refractivity contribution is 0.0480. The molecule has 16 nitrogen and oxygen atoms in total. The number of aliphatic hydroxyl groups excluding tert-OH is 2.